The molecule has 0 aromatic heterocycles. The molecule has 1 aromatic carbocycles. The zero-order valence-electron chi connectivity index (χ0n) is 6.17. The molecule has 0 aliphatic rings. The maximum Gasteiger partial charge on any atom is 0.150 e. The van der Waals surface area contributed by atoms with Crippen LogP contribution in [-0.4, -0.2) is 12.5 Å². The third kappa shape index (κ3) is 1.18. The number of hydrogen-bond acceptors (Lipinski definition) is 3. The Morgan fingerprint density at radius 3 is 2.67 bits per heavy atom. The van der Waals surface area contributed by atoms with Crippen molar-refractivity contribution in [3.05, 3.63) is 29.1 Å². The number of nitrogen functional groups attached to an aromatic ring is 1. The summed E-state index contributed by atoms with van der Waals surface area (Å²) in [5.41, 5.74) is 5.48. The van der Waals surface area contributed by atoms with Gasteiger partial charge in [-0.25, -0.2) is 4.39 Å². The van der Waals surface area contributed by atoms with E-state index in [0.29, 0.717) is 6.29 Å². The van der Waals surface area contributed by atoms with E-state index in [1.807, 2.05) is 0 Å². The zero-order chi connectivity index (χ0) is 9.14. The Morgan fingerprint density at radius 1 is 1.50 bits per heavy atom. The maximum absolute atomic E-state index is 12.7. The summed E-state index contributed by atoms with van der Waals surface area (Å²) in [7, 11) is 0. The third-order valence-corrected chi connectivity index (χ3v) is 1.54. The Bertz CT molecular complexity index is 336. The van der Waals surface area contributed by atoms with Crippen molar-refractivity contribution in [3.63, 3.8) is 0 Å². The highest BCUT2D eigenvalue weighted by molar-refractivity contribution is 5.96. The molecular formula is C8H7FN2O. The van der Waals surface area contributed by atoms with Crippen LogP contribution >= 0.6 is 0 Å². The third-order valence-electron chi connectivity index (χ3n) is 1.54. The summed E-state index contributed by atoms with van der Waals surface area (Å²) in [4.78, 5) is 10.4. The van der Waals surface area contributed by atoms with E-state index in [-0.39, 0.29) is 16.8 Å². The van der Waals surface area contributed by atoms with Gasteiger partial charge in [0.15, 0.2) is 6.29 Å². The molecule has 0 atom stereocenters. The van der Waals surface area contributed by atoms with E-state index in [9.17, 15) is 9.18 Å². The van der Waals surface area contributed by atoms with Crippen molar-refractivity contribution in [2.75, 3.05) is 5.73 Å². The summed E-state index contributed by atoms with van der Waals surface area (Å²) < 4.78 is 12.7. The van der Waals surface area contributed by atoms with Gasteiger partial charge in [0.2, 0.25) is 0 Å². The Hall–Kier alpha value is -1.71. The highest BCUT2D eigenvalue weighted by atomic mass is 19.1. The normalized spacial score (nSPS) is 9.42. The van der Waals surface area contributed by atoms with Crippen LogP contribution in [0.25, 0.3) is 0 Å². The molecule has 0 saturated heterocycles. The van der Waals surface area contributed by atoms with Gasteiger partial charge in [-0.15, -0.1) is 0 Å². The van der Waals surface area contributed by atoms with Crippen LogP contribution in [0.3, 0.4) is 0 Å². The van der Waals surface area contributed by atoms with Gasteiger partial charge < -0.3 is 11.1 Å². The van der Waals surface area contributed by atoms with Crippen molar-refractivity contribution in [2.45, 2.75) is 0 Å². The van der Waals surface area contributed by atoms with Crippen molar-refractivity contribution < 1.29 is 9.18 Å². The first-order chi connectivity index (χ1) is 5.70. The molecule has 0 saturated carbocycles. The summed E-state index contributed by atoms with van der Waals surface area (Å²) in [5, 5.41) is 6.89. The van der Waals surface area contributed by atoms with Crippen LogP contribution in [0.15, 0.2) is 12.1 Å². The van der Waals surface area contributed by atoms with Crippen molar-refractivity contribution >= 4 is 18.2 Å². The largest absolute Gasteiger partial charge is 0.396 e. The lowest BCUT2D eigenvalue weighted by Crippen LogP contribution is -2.01. The van der Waals surface area contributed by atoms with E-state index < -0.39 is 5.82 Å². The van der Waals surface area contributed by atoms with E-state index >= 15 is 0 Å². The predicted molar refractivity (Wildman–Crippen MR) is 44.1 cm³/mol. The minimum atomic E-state index is -0.612. The minimum Gasteiger partial charge on any atom is -0.396 e. The Kier molecular flexibility index (Phi) is 2.19. The fraction of sp³-hybridized carbons (Fsp3) is 0. The summed E-state index contributed by atoms with van der Waals surface area (Å²) in [5.74, 6) is -0.612. The van der Waals surface area contributed by atoms with Crippen molar-refractivity contribution in [3.8, 4) is 0 Å². The van der Waals surface area contributed by atoms with Crippen molar-refractivity contribution in [1.29, 1.82) is 5.41 Å². The number of benzene rings is 1. The second-order valence-corrected chi connectivity index (χ2v) is 2.23. The van der Waals surface area contributed by atoms with Gasteiger partial charge in [-0.1, -0.05) is 0 Å². The van der Waals surface area contributed by atoms with Gasteiger partial charge in [0, 0.05) is 17.3 Å². The van der Waals surface area contributed by atoms with Gasteiger partial charge in [0.05, 0.1) is 5.69 Å². The van der Waals surface area contributed by atoms with E-state index in [4.69, 9.17) is 11.1 Å². The number of hydrogen-bond donors (Lipinski definition) is 2. The molecule has 4 heteroatoms. The predicted octanol–water partition coefficient (Wildman–Crippen LogP) is 1.22. The molecule has 0 radical (unpaired) electrons. The quantitative estimate of drug-likeness (QED) is 0.394. The van der Waals surface area contributed by atoms with Crippen LogP contribution in [0.1, 0.15) is 15.9 Å². The average Bonchev–Trinajstić information content (AvgIpc) is 2.09. The lowest BCUT2D eigenvalue weighted by Gasteiger charge is -2.02. The molecule has 0 heterocycles. The molecule has 1 aromatic rings. The first kappa shape index (κ1) is 8.39. The van der Waals surface area contributed by atoms with Crippen LogP contribution in [0.2, 0.25) is 0 Å². The Morgan fingerprint density at radius 2 is 2.17 bits per heavy atom. The number of carbonyl (C=O) groups excluding carboxylic acids is 1. The number of nitrogens with two attached hydrogens (primary N) is 1. The van der Waals surface area contributed by atoms with Gasteiger partial charge in [-0.2, -0.15) is 0 Å². The fourth-order valence-corrected chi connectivity index (χ4v) is 0.891. The fourth-order valence-electron chi connectivity index (χ4n) is 0.891. The van der Waals surface area contributed by atoms with Gasteiger partial charge >= 0.3 is 0 Å². The van der Waals surface area contributed by atoms with E-state index in [0.717, 1.165) is 12.3 Å². The SMILES string of the molecule is N=Cc1c(C=O)ccc(F)c1N. The van der Waals surface area contributed by atoms with Crippen LogP contribution in [0.4, 0.5) is 10.1 Å². The van der Waals surface area contributed by atoms with Gasteiger partial charge in [0.1, 0.15) is 5.82 Å². The maximum atomic E-state index is 12.7. The Labute approximate surface area is 68.5 Å². The minimum absolute atomic E-state index is 0.130. The number of rotatable bonds is 2. The molecule has 0 unspecified atom stereocenters. The lowest BCUT2D eigenvalue weighted by atomic mass is 10.1. The highest BCUT2D eigenvalue weighted by Crippen LogP contribution is 2.17. The first-order valence-corrected chi connectivity index (χ1v) is 3.24. The zero-order valence-corrected chi connectivity index (χ0v) is 6.17. The van der Waals surface area contributed by atoms with Crippen LogP contribution in [0.5, 0.6) is 0 Å². The topological polar surface area (TPSA) is 66.9 Å². The average molecular weight is 166 g/mol. The summed E-state index contributed by atoms with van der Waals surface area (Å²) in [6, 6.07) is 2.39. The van der Waals surface area contributed by atoms with Gasteiger partial charge in [-0.05, 0) is 12.1 Å². The summed E-state index contributed by atoms with van der Waals surface area (Å²) in [6.07, 6.45) is 1.40. The molecule has 12 heavy (non-hydrogen) atoms. The number of anilines is 1. The standard InChI is InChI=1S/C8H7FN2O/c9-7-2-1-5(4-12)6(3-10)8(7)11/h1-4,10H,11H2. The highest BCUT2D eigenvalue weighted by Gasteiger charge is 2.07. The molecule has 0 bridgehead atoms. The molecule has 0 aliphatic heterocycles. The molecule has 1 rings (SSSR count). The molecule has 0 spiro atoms. The second-order valence-electron chi connectivity index (χ2n) is 2.23. The van der Waals surface area contributed by atoms with Gasteiger partial charge in [-0.3, -0.25) is 4.79 Å². The number of nitrogens with one attached hydrogen (secondary N) is 1. The van der Waals surface area contributed by atoms with Crippen molar-refractivity contribution in [1.82, 2.24) is 0 Å². The summed E-state index contributed by atoms with van der Waals surface area (Å²) in [6.45, 7) is 0. The Balaban J connectivity index is 3.45. The number of carbonyl (C=O) groups is 1. The van der Waals surface area contributed by atoms with Crippen LogP contribution in [-0.2, 0) is 0 Å². The molecule has 62 valence electrons. The molecular weight excluding hydrogens is 159 g/mol. The van der Waals surface area contributed by atoms with E-state index in [2.05, 4.69) is 0 Å². The molecule has 0 amide bonds. The van der Waals surface area contributed by atoms with E-state index in [1.54, 1.807) is 0 Å². The molecule has 3 N–H and O–H groups in total. The number of aldehydes is 1. The number of halogens is 1. The van der Waals surface area contributed by atoms with Crippen LogP contribution < -0.4 is 5.73 Å². The molecule has 0 aliphatic carbocycles. The molecule has 3 nitrogen and oxygen atoms in total. The smallest absolute Gasteiger partial charge is 0.150 e. The van der Waals surface area contributed by atoms with Crippen molar-refractivity contribution in [2.24, 2.45) is 0 Å². The van der Waals surface area contributed by atoms with Gasteiger partial charge in [0.25, 0.3) is 0 Å². The van der Waals surface area contributed by atoms with E-state index in [1.165, 1.54) is 6.07 Å². The first-order valence-electron chi connectivity index (χ1n) is 3.24. The monoisotopic (exact) mass is 166 g/mol. The lowest BCUT2D eigenvalue weighted by molar-refractivity contribution is 0.112. The second kappa shape index (κ2) is 3.13. The van der Waals surface area contributed by atoms with Crippen LogP contribution in [0, 0.1) is 11.2 Å². The summed E-state index contributed by atoms with van der Waals surface area (Å²) >= 11 is 0. The molecule has 0 fully saturated rings.